The van der Waals surface area contributed by atoms with Crippen LogP contribution in [-0.2, 0) is 15.8 Å². The summed E-state index contributed by atoms with van der Waals surface area (Å²) in [4.78, 5) is 1.46. The van der Waals surface area contributed by atoms with Gasteiger partial charge >= 0.3 is 0 Å². The Morgan fingerprint density at radius 1 is 0.769 bits per heavy atom. The van der Waals surface area contributed by atoms with Crippen LogP contribution in [0.3, 0.4) is 0 Å². The van der Waals surface area contributed by atoms with E-state index in [0.29, 0.717) is 16.2 Å². The SMILES string of the molecule is O=S(=O)(c1ccccc1)n1cc(CSc2ccccc2)c2ccccc21. The molecule has 0 saturated heterocycles. The maximum atomic E-state index is 13.1. The third kappa shape index (κ3) is 3.16. The lowest BCUT2D eigenvalue weighted by Gasteiger charge is -2.07. The molecule has 4 aromatic rings. The minimum absolute atomic E-state index is 0.294. The Balaban J connectivity index is 1.77. The lowest BCUT2D eigenvalue weighted by molar-refractivity contribution is 0.589. The normalized spacial score (nSPS) is 11.7. The van der Waals surface area contributed by atoms with E-state index in [-0.39, 0.29) is 0 Å². The molecule has 0 saturated carbocycles. The molecule has 0 aliphatic heterocycles. The van der Waals surface area contributed by atoms with E-state index in [0.717, 1.165) is 15.8 Å². The second kappa shape index (κ2) is 7.02. The Morgan fingerprint density at radius 2 is 1.38 bits per heavy atom. The minimum atomic E-state index is -3.62. The summed E-state index contributed by atoms with van der Waals surface area (Å²) < 4.78 is 27.6. The number of rotatable bonds is 5. The van der Waals surface area contributed by atoms with Crippen molar-refractivity contribution >= 4 is 32.7 Å². The average molecular weight is 380 g/mol. The summed E-state index contributed by atoms with van der Waals surface area (Å²) in [6.07, 6.45) is 1.75. The van der Waals surface area contributed by atoms with Gasteiger partial charge in [0.1, 0.15) is 0 Å². The molecular formula is C21H17NO2S2. The number of nitrogens with zero attached hydrogens (tertiary/aromatic N) is 1. The predicted octanol–water partition coefficient (Wildman–Crippen LogP) is 5.17. The van der Waals surface area contributed by atoms with Crippen LogP contribution in [0.4, 0.5) is 0 Å². The Labute approximate surface area is 157 Å². The topological polar surface area (TPSA) is 39.1 Å². The van der Waals surface area contributed by atoms with Crippen LogP contribution in [0.1, 0.15) is 5.56 Å². The molecule has 0 unspecified atom stereocenters. The van der Waals surface area contributed by atoms with Crippen molar-refractivity contribution < 1.29 is 8.42 Å². The fraction of sp³-hybridized carbons (Fsp3) is 0.0476. The van der Waals surface area contributed by atoms with E-state index < -0.39 is 10.0 Å². The van der Waals surface area contributed by atoms with E-state index in [9.17, 15) is 8.42 Å². The molecule has 26 heavy (non-hydrogen) atoms. The van der Waals surface area contributed by atoms with Crippen molar-refractivity contribution in [2.75, 3.05) is 0 Å². The first-order valence-electron chi connectivity index (χ1n) is 8.24. The highest BCUT2D eigenvalue weighted by Crippen LogP contribution is 2.30. The molecular weight excluding hydrogens is 362 g/mol. The average Bonchev–Trinajstić information content (AvgIpc) is 3.07. The van der Waals surface area contributed by atoms with E-state index in [1.165, 1.54) is 3.97 Å². The van der Waals surface area contributed by atoms with Gasteiger partial charge in [0.2, 0.25) is 0 Å². The van der Waals surface area contributed by atoms with Gasteiger partial charge in [0.05, 0.1) is 10.4 Å². The molecule has 0 radical (unpaired) electrons. The molecule has 130 valence electrons. The monoisotopic (exact) mass is 379 g/mol. The van der Waals surface area contributed by atoms with Gasteiger partial charge in [-0.15, -0.1) is 11.8 Å². The lowest BCUT2D eigenvalue weighted by Crippen LogP contribution is -2.11. The first-order chi connectivity index (χ1) is 12.7. The Morgan fingerprint density at radius 3 is 2.12 bits per heavy atom. The van der Waals surface area contributed by atoms with Crippen molar-refractivity contribution in [3.63, 3.8) is 0 Å². The number of para-hydroxylation sites is 1. The number of fused-ring (bicyclic) bond motifs is 1. The third-order valence-corrected chi connectivity index (χ3v) is 6.95. The van der Waals surface area contributed by atoms with Gasteiger partial charge < -0.3 is 0 Å². The largest absolute Gasteiger partial charge is 0.268 e. The van der Waals surface area contributed by atoms with Crippen LogP contribution in [0, 0.1) is 0 Å². The molecule has 3 aromatic carbocycles. The van der Waals surface area contributed by atoms with Crippen LogP contribution in [0.5, 0.6) is 0 Å². The van der Waals surface area contributed by atoms with Gasteiger partial charge in [-0.1, -0.05) is 54.6 Å². The van der Waals surface area contributed by atoms with Crippen molar-refractivity contribution in [2.24, 2.45) is 0 Å². The number of benzene rings is 3. The van der Waals surface area contributed by atoms with Crippen molar-refractivity contribution in [2.45, 2.75) is 15.5 Å². The van der Waals surface area contributed by atoms with Gasteiger partial charge in [0.15, 0.2) is 0 Å². The zero-order valence-corrected chi connectivity index (χ0v) is 15.6. The number of thioether (sulfide) groups is 1. The quantitative estimate of drug-likeness (QED) is 0.449. The molecule has 1 aromatic heterocycles. The van der Waals surface area contributed by atoms with Gasteiger partial charge in [-0.25, -0.2) is 12.4 Å². The first-order valence-corrected chi connectivity index (χ1v) is 10.7. The van der Waals surface area contributed by atoms with Crippen LogP contribution in [0.25, 0.3) is 10.9 Å². The van der Waals surface area contributed by atoms with Gasteiger partial charge in [-0.2, -0.15) is 0 Å². The van der Waals surface area contributed by atoms with Crippen molar-refractivity contribution in [3.05, 3.63) is 96.7 Å². The highest BCUT2D eigenvalue weighted by molar-refractivity contribution is 7.98. The smallest absolute Gasteiger partial charge is 0.241 e. The zero-order chi connectivity index (χ0) is 18.0. The summed E-state index contributed by atoms with van der Waals surface area (Å²) in [6.45, 7) is 0. The zero-order valence-electron chi connectivity index (χ0n) is 13.9. The van der Waals surface area contributed by atoms with Crippen LogP contribution < -0.4 is 0 Å². The summed E-state index contributed by atoms with van der Waals surface area (Å²) in [5.74, 6) is 0.710. The number of hydrogen-bond donors (Lipinski definition) is 0. The Kier molecular flexibility index (Phi) is 4.57. The van der Waals surface area contributed by atoms with Crippen molar-refractivity contribution in [3.8, 4) is 0 Å². The molecule has 0 N–H and O–H groups in total. The van der Waals surface area contributed by atoms with Gasteiger partial charge in [-0.05, 0) is 35.9 Å². The molecule has 0 atom stereocenters. The van der Waals surface area contributed by atoms with Crippen LogP contribution >= 0.6 is 11.8 Å². The van der Waals surface area contributed by atoms with E-state index in [1.807, 2.05) is 48.5 Å². The van der Waals surface area contributed by atoms with E-state index in [1.54, 1.807) is 42.2 Å². The number of aromatic nitrogens is 1. The second-order valence-electron chi connectivity index (χ2n) is 5.89. The maximum absolute atomic E-state index is 13.1. The molecule has 0 fully saturated rings. The van der Waals surface area contributed by atoms with Gasteiger partial charge in [0.25, 0.3) is 10.0 Å². The summed E-state index contributed by atoms with van der Waals surface area (Å²) in [7, 11) is -3.62. The molecule has 0 bridgehead atoms. The fourth-order valence-corrected chi connectivity index (χ4v) is 5.23. The number of hydrogen-bond acceptors (Lipinski definition) is 3. The van der Waals surface area contributed by atoms with Crippen molar-refractivity contribution in [1.82, 2.24) is 3.97 Å². The van der Waals surface area contributed by atoms with Gasteiger partial charge in [0, 0.05) is 22.2 Å². The molecule has 0 amide bonds. The summed E-state index contributed by atoms with van der Waals surface area (Å²) in [5.41, 5.74) is 1.72. The van der Waals surface area contributed by atoms with Crippen LogP contribution in [0.15, 0.2) is 101 Å². The highest BCUT2D eigenvalue weighted by atomic mass is 32.2. The predicted molar refractivity (Wildman–Crippen MR) is 107 cm³/mol. The third-order valence-electron chi connectivity index (χ3n) is 4.20. The van der Waals surface area contributed by atoms with Gasteiger partial charge in [-0.3, -0.25) is 0 Å². The molecule has 3 nitrogen and oxygen atoms in total. The molecule has 0 aliphatic rings. The molecule has 0 aliphatic carbocycles. The minimum Gasteiger partial charge on any atom is -0.241 e. The molecule has 0 spiro atoms. The van der Waals surface area contributed by atoms with E-state index in [4.69, 9.17) is 0 Å². The lowest BCUT2D eigenvalue weighted by atomic mass is 10.2. The van der Waals surface area contributed by atoms with E-state index in [2.05, 4.69) is 12.1 Å². The molecule has 5 heteroatoms. The van der Waals surface area contributed by atoms with Crippen LogP contribution in [-0.4, -0.2) is 12.4 Å². The molecule has 1 heterocycles. The Bertz CT molecular complexity index is 1130. The van der Waals surface area contributed by atoms with Crippen LogP contribution in [0.2, 0.25) is 0 Å². The maximum Gasteiger partial charge on any atom is 0.268 e. The standard InChI is InChI=1S/C21H17NO2S2/c23-26(24,19-11-5-2-6-12-19)22-15-17(20-13-7-8-14-21(20)22)16-25-18-9-3-1-4-10-18/h1-15H,16H2. The summed E-state index contributed by atoms with van der Waals surface area (Å²) >= 11 is 1.70. The summed E-state index contributed by atoms with van der Waals surface area (Å²) in [5, 5.41) is 0.968. The Hall–Kier alpha value is -2.50. The fourth-order valence-electron chi connectivity index (χ4n) is 2.92. The highest BCUT2D eigenvalue weighted by Gasteiger charge is 2.20. The molecule has 4 rings (SSSR count). The summed E-state index contributed by atoms with van der Waals surface area (Å²) in [6, 6.07) is 26.3. The second-order valence-corrected chi connectivity index (χ2v) is 8.75. The van der Waals surface area contributed by atoms with Crippen molar-refractivity contribution in [1.29, 1.82) is 0 Å². The van der Waals surface area contributed by atoms with E-state index >= 15 is 0 Å². The first kappa shape index (κ1) is 16.9.